The fourth-order valence-corrected chi connectivity index (χ4v) is 2.51. The fourth-order valence-electron chi connectivity index (χ4n) is 2.51. The number of hydrogen-bond donors (Lipinski definition) is 5. The molecular weight excluding hydrogens is 480 g/mol. The van der Waals surface area contributed by atoms with Crippen molar-refractivity contribution in [3.63, 3.8) is 0 Å². The zero-order valence-electron chi connectivity index (χ0n) is 16.9. The summed E-state index contributed by atoms with van der Waals surface area (Å²) in [6.07, 6.45) is -12.8. The van der Waals surface area contributed by atoms with Crippen LogP contribution in [-0.4, -0.2) is 112 Å². The largest absolute Gasteiger partial charge is 0.453 e. The average molecular weight is 500 g/mol. The lowest BCUT2D eigenvalue weighted by Crippen LogP contribution is -2.71. The van der Waals surface area contributed by atoms with Crippen molar-refractivity contribution < 1.29 is 88.1 Å². The van der Waals surface area contributed by atoms with Crippen molar-refractivity contribution in [1.82, 2.24) is 0 Å². The third-order valence-electron chi connectivity index (χ3n) is 4.07. The topological polar surface area (TPSA) is 268 Å². The van der Waals surface area contributed by atoms with Gasteiger partial charge in [0, 0.05) is 0 Å². The number of aliphatic hydroxyl groups excluding tert-OH is 4. The molecule has 6 atom stereocenters. The summed E-state index contributed by atoms with van der Waals surface area (Å²) < 4.78 is 13.9. The van der Waals surface area contributed by atoms with E-state index in [0.717, 1.165) is 0 Å². The van der Waals surface area contributed by atoms with Gasteiger partial charge in [0.15, 0.2) is 6.61 Å². The quantitative estimate of drug-likeness (QED) is 0.0683. The molecule has 0 amide bonds. The van der Waals surface area contributed by atoms with E-state index in [9.17, 15) is 54.3 Å². The summed E-state index contributed by atoms with van der Waals surface area (Å²) in [5.74, 6) is -9.07. The van der Waals surface area contributed by atoms with Crippen LogP contribution in [0.3, 0.4) is 0 Å². The van der Waals surface area contributed by atoms with Crippen molar-refractivity contribution in [2.75, 3.05) is 13.2 Å². The summed E-state index contributed by atoms with van der Waals surface area (Å²) in [6, 6.07) is 0. The van der Waals surface area contributed by atoms with Gasteiger partial charge < -0.3 is 39.7 Å². The van der Waals surface area contributed by atoms with Crippen LogP contribution < -0.4 is 0 Å². The summed E-state index contributed by atoms with van der Waals surface area (Å²) >= 11 is 0. The lowest BCUT2D eigenvalue weighted by Gasteiger charge is -2.46. The molecule has 1 saturated heterocycles. The third kappa shape index (κ3) is 7.57. The van der Waals surface area contributed by atoms with Crippen LogP contribution in [0, 0.1) is 0 Å². The Bertz CT molecular complexity index is 750. The van der Waals surface area contributed by atoms with Gasteiger partial charge in [-0.2, -0.15) is 0 Å². The molecule has 0 bridgehead atoms. The molecule has 34 heavy (non-hydrogen) atoms. The summed E-state index contributed by atoms with van der Waals surface area (Å²) in [4.78, 5) is 82.1. The zero-order valence-corrected chi connectivity index (χ0v) is 16.9. The van der Waals surface area contributed by atoms with Gasteiger partial charge in [0.05, 0.1) is 19.4 Å². The summed E-state index contributed by atoms with van der Waals surface area (Å²) in [5.41, 5.74) is 0. The highest BCUT2D eigenvalue weighted by atomic mass is 17.2. The van der Waals surface area contributed by atoms with Crippen LogP contribution in [0.5, 0.6) is 0 Å². The Morgan fingerprint density at radius 3 is 2.09 bits per heavy atom. The number of hydrogen-bond acceptors (Lipinski definition) is 18. The number of carbonyl (C=O) groups is 6. The molecule has 18 nitrogen and oxygen atoms in total. The van der Waals surface area contributed by atoms with Crippen LogP contribution in [0.4, 0.5) is 0 Å². The highest BCUT2D eigenvalue weighted by Gasteiger charge is 2.61. The van der Waals surface area contributed by atoms with E-state index in [2.05, 4.69) is 29.0 Å². The molecule has 0 aromatic rings. The number of ether oxygens (including phenoxy) is 3. The Morgan fingerprint density at radius 2 is 1.50 bits per heavy atom. The summed E-state index contributed by atoms with van der Waals surface area (Å²) in [7, 11) is 0. The number of esters is 2. The molecule has 0 aromatic carbocycles. The van der Waals surface area contributed by atoms with E-state index in [4.69, 9.17) is 4.74 Å². The SMILES string of the molecule is O=COOC(=O)COC(=O)CCC(=O)OC(C(=O)OOC=O)C1(O)O[C@H](CO)[C@@H](O)[C@H](O)[C@H]1O. The molecule has 0 aliphatic carbocycles. The van der Waals surface area contributed by atoms with Crippen molar-refractivity contribution >= 4 is 36.8 Å². The Morgan fingerprint density at radius 1 is 0.912 bits per heavy atom. The molecule has 1 rings (SSSR count). The molecule has 1 aliphatic rings. The van der Waals surface area contributed by atoms with E-state index in [-0.39, 0.29) is 12.9 Å². The molecular formula is C16H20O18. The first-order valence-electron chi connectivity index (χ1n) is 9.02. The second-order valence-corrected chi connectivity index (χ2v) is 6.29. The Balaban J connectivity index is 2.87. The van der Waals surface area contributed by atoms with Gasteiger partial charge in [-0.3, -0.25) is 29.0 Å². The summed E-state index contributed by atoms with van der Waals surface area (Å²) in [6.45, 7) is -2.64. The zero-order chi connectivity index (χ0) is 25.9. The van der Waals surface area contributed by atoms with Crippen LogP contribution >= 0.6 is 0 Å². The predicted octanol–water partition coefficient (Wildman–Crippen LogP) is -5.35. The minimum atomic E-state index is -3.34. The van der Waals surface area contributed by atoms with Gasteiger partial charge in [0.2, 0.25) is 5.79 Å². The van der Waals surface area contributed by atoms with Crippen molar-refractivity contribution in [2.45, 2.75) is 49.1 Å². The maximum atomic E-state index is 12.2. The van der Waals surface area contributed by atoms with Crippen LogP contribution in [0.25, 0.3) is 0 Å². The normalized spacial score (nSPS) is 26.9. The fraction of sp³-hybridized carbons (Fsp3) is 0.625. The van der Waals surface area contributed by atoms with E-state index >= 15 is 0 Å². The maximum Gasteiger partial charge on any atom is 0.401 e. The second-order valence-electron chi connectivity index (χ2n) is 6.29. The van der Waals surface area contributed by atoms with E-state index < -0.39 is 86.2 Å². The Kier molecular flexibility index (Phi) is 11.2. The molecule has 1 aliphatic heterocycles. The first kappa shape index (κ1) is 28.6. The minimum absolute atomic E-state index is 0.222. The first-order valence-corrected chi connectivity index (χ1v) is 9.02. The Labute approximate surface area is 188 Å². The second kappa shape index (κ2) is 13.3. The number of carbonyl (C=O) groups excluding carboxylic acids is 6. The molecule has 0 saturated carbocycles. The molecule has 192 valence electrons. The minimum Gasteiger partial charge on any atom is -0.453 e. The van der Waals surface area contributed by atoms with E-state index in [0.29, 0.717) is 0 Å². The average Bonchev–Trinajstić information content (AvgIpc) is 2.82. The Hall–Kier alpha value is -3.42. The van der Waals surface area contributed by atoms with Gasteiger partial charge in [-0.05, 0) is 0 Å². The molecule has 0 radical (unpaired) electrons. The van der Waals surface area contributed by atoms with Crippen LogP contribution in [0.1, 0.15) is 12.8 Å². The molecule has 1 heterocycles. The lowest BCUT2D eigenvalue weighted by atomic mass is 9.89. The monoisotopic (exact) mass is 500 g/mol. The third-order valence-corrected chi connectivity index (χ3v) is 4.07. The lowest BCUT2D eigenvalue weighted by molar-refractivity contribution is -0.376. The van der Waals surface area contributed by atoms with E-state index in [1.807, 2.05) is 0 Å². The maximum absolute atomic E-state index is 12.2. The molecule has 2 unspecified atom stereocenters. The standard InChI is InChI=1S/C16H20O18/c17-3-7-11(23)12(24)13(25)16(27,32-7)14(15(26)34-30-6-19)31-9(21)2-1-8(20)28-4-10(22)33-29-5-18/h5-7,11-14,17,23-25,27H,1-4H2/t7-,11-,12+,13-,14?,16?/m1/s1. The van der Waals surface area contributed by atoms with Crippen molar-refractivity contribution in [3.8, 4) is 0 Å². The van der Waals surface area contributed by atoms with E-state index in [1.165, 1.54) is 0 Å². The molecule has 5 N–H and O–H groups in total. The number of aliphatic hydroxyl groups is 5. The van der Waals surface area contributed by atoms with Crippen molar-refractivity contribution in [1.29, 1.82) is 0 Å². The van der Waals surface area contributed by atoms with Crippen LogP contribution in [-0.2, 0) is 62.5 Å². The van der Waals surface area contributed by atoms with Gasteiger partial charge in [0.1, 0.15) is 24.4 Å². The highest BCUT2D eigenvalue weighted by Crippen LogP contribution is 2.33. The first-order chi connectivity index (χ1) is 16.0. The van der Waals surface area contributed by atoms with Crippen LogP contribution in [0.15, 0.2) is 0 Å². The molecule has 0 aromatic heterocycles. The molecule has 0 spiro atoms. The molecule has 1 fully saturated rings. The predicted molar refractivity (Wildman–Crippen MR) is 91.5 cm³/mol. The van der Waals surface area contributed by atoms with Crippen molar-refractivity contribution in [2.24, 2.45) is 0 Å². The van der Waals surface area contributed by atoms with Gasteiger partial charge in [-0.15, -0.1) is 0 Å². The van der Waals surface area contributed by atoms with Gasteiger partial charge >= 0.3 is 36.8 Å². The highest BCUT2D eigenvalue weighted by molar-refractivity contribution is 5.83. The summed E-state index contributed by atoms with van der Waals surface area (Å²) in [5, 5.41) is 49.6. The van der Waals surface area contributed by atoms with Gasteiger partial charge in [-0.25, -0.2) is 19.4 Å². The number of rotatable bonds is 13. The molecule has 18 heteroatoms. The smallest absolute Gasteiger partial charge is 0.401 e. The van der Waals surface area contributed by atoms with E-state index in [1.54, 1.807) is 0 Å². The van der Waals surface area contributed by atoms with Crippen LogP contribution in [0.2, 0.25) is 0 Å². The van der Waals surface area contributed by atoms with Gasteiger partial charge in [-0.1, -0.05) is 0 Å². The van der Waals surface area contributed by atoms with Gasteiger partial charge in [0.25, 0.3) is 6.10 Å². The van der Waals surface area contributed by atoms with Crippen molar-refractivity contribution in [3.05, 3.63) is 0 Å².